The maximum Gasteiger partial charge on any atom is 0.0701 e. The highest BCUT2D eigenvalue weighted by Gasteiger charge is 1.94. The molecule has 8 heteroatoms. The third-order valence-corrected chi connectivity index (χ3v) is 2.44. The van der Waals surface area contributed by atoms with Gasteiger partial charge in [-0.15, -0.1) is 24.8 Å². The Morgan fingerprint density at radius 1 is 0.400 bits per heavy atom. The smallest absolute Gasteiger partial charge is 0.0701 e. The van der Waals surface area contributed by atoms with Gasteiger partial charge in [0.25, 0.3) is 0 Å². The van der Waals surface area contributed by atoms with Crippen LogP contribution in [0.3, 0.4) is 0 Å². The molecule has 6 nitrogen and oxygen atoms in total. The van der Waals surface area contributed by atoms with E-state index in [4.69, 9.17) is 18.9 Å². The summed E-state index contributed by atoms with van der Waals surface area (Å²) in [5, 5.41) is 6.50. The van der Waals surface area contributed by atoms with Crippen molar-refractivity contribution in [1.29, 1.82) is 0 Å². The van der Waals surface area contributed by atoms with Gasteiger partial charge < -0.3 is 29.6 Å². The maximum atomic E-state index is 5.41. The first-order valence-electron chi connectivity index (χ1n) is 6.72. The Hall–Kier alpha value is 0.340. The lowest BCUT2D eigenvalue weighted by Crippen LogP contribution is -2.27. The van der Waals surface area contributed by atoms with Crippen molar-refractivity contribution >= 4 is 24.8 Å². The molecule has 0 bridgehead atoms. The number of rotatable bonds is 0. The minimum Gasteiger partial charge on any atom is -0.378 e. The van der Waals surface area contributed by atoms with Crippen molar-refractivity contribution in [3.05, 3.63) is 0 Å². The van der Waals surface area contributed by atoms with Crippen molar-refractivity contribution in [3.63, 3.8) is 0 Å². The summed E-state index contributed by atoms with van der Waals surface area (Å²) < 4.78 is 21.6. The normalized spacial score (nSPS) is 21.6. The molecule has 1 heterocycles. The van der Waals surface area contributed by atoms with Crippen LogP contribution in [0.5, 0.6) is 0 Å². The molecule has 0 saturated carbocycles. The topological polar surface area (TPSA) is 61.0 Å². The van der Waals surface area contributed by atoms with Crippen LogP contribution < -0.4 is 10.6 Å². The number of halogens is 2. The minimum absolute atomic E-state index is 0. The molecule has 0 aromatic heterocycles. The molecule has 0 amide bonds. The van der Waals surface area contributed by atoms with Crippen LogP contribution in [-0.4, -0.2) is 79.0 Å². The molecule has 1 fully saturated rings. The lowest BCUT2D eigenvalue weighted by Gasteiger charge is -2.10. The second kappa shape index (κ2) is 19.3. The summed E-state index contributed by atoms with van der Waals surface area (Å²) >= 11 is 0. The molecule has 1 aliphatic heterocycles. The van der Waals surface area contributed by atoms with Gasteiger partial charge in [-0.1, -0.05) is 0 Å². The van der Waals surface area contributed by atoms with E-state index in [0.717, 1.165) is 26.2 Å². The van der Waals surface area contributed by atoms with E-state index in [1.165, 1.54) is 0 Å². The predicted molar refractivity (Wildman–Crippen MR) is 83.5 cm³/mol. The number of nitrogens with one attached hydrogen (secondary N) is 2. The van der Waals surface area contributed by atoms with E-state index >= 15 is 0 Å². The van der Waals surface area contributed by atoms with E-state index in [0.29, 0.717) is 52.9 Å². The van der Waals surface area contributed by atoms with E-state index < -0.39 is 0 Å². The van der Waals surface area contributed by atoms with E-state index in [9.17, 15) is 0 Å². The van der Waals surface area contributed by atoms with Gasteiger partial charge in [0.15, 0.2) is 0 Å². The molecule has 2 N–H and O–H groups in total. The standard InChI is InChI=1S/C12H26N2O4.2ClH/c1-5-15-9-10-17-7-3-14-4-8-18-12-11-16-6-2-13-1;;/h13-14H,1-12H2;2*1H. The summed E-state index contributed by atoms with van der Waals surface area (Å²) in [5.41, 5.74) is 0. The average molecular weight is 335 g/mol. The van der Waals surface area contributed by atoms with Gasteiger partial charge in [0.2, 0.25) is 0 Å². The van der Waals surface area contributed by atoms with Crippen LogP contribution in [-0.2, 0) is 18.9 Å². The Balaban J connectivity index is 0. The van der Waals surface area contributed by atoms with E-state index in [1.54, 1.807) is 0 Å². The van der Waals surface area contributed by atoms with E-state index in [-0.39, 0.29) is 24.8 Å². The largest absolute Gasteiger partial charge is 0.378 e. The molecular weight excluding hydrogens is 307 g/mol. The SMILES string of the molecule is C1COCCOCCNCCOCCOCCN1.Cl.Cl. The van der Waals surface area contributed by atoms with Crippen molar-refractivity contribution in [2.45, 2.75) is 0 Å². The monoisotopic (exact) mass is 334 g/mol. The number of hydrogen-bond donors (Lipinski definition) is 2. The van der Waals surface area contributed by atoms with E-state index in [2.05, 4.69) is 10.6 Å². The van der Waals surface area contributed by atoms with Crippen molar-refractivity contribution < 1.29 is 18.9 Å². The third-order valence-electron chi connectivity index (χ3n) is 2.44. The van der Waals surface area contributed by atoms with Gasteiger partial charge in [0.1, 0.15) is 0 Å². The third kappa shape index (κ3) is 16.4. The number of ether oxygens (including phenoxy) is 4. The first-order valence-corrected chi connectivity index (χ1v) is 6.72. The summed E-state index contributed by atoms with van der Waals surface area (Å²) in [6.07, 6.45) is 0. The molecule has 0 aromatic carbocycles. The minimum atomic E-state index is 0. The second-order valence-corrected chi connectivity index (χ2v) is 3.95. The molecule has 0 radical (unpaired) electrons. The van der Waals surface area contributed by atoms with Gasteiger partial charge in [-0.3, -0.25) is 0 Å². The highest BCUT2D eigenvalue weighted by molar-refractivity contribution is 5.85. The average Bonchev–Trinajstić information content (AvgIpc) is 2.39. The van der Waals surface area contributed by atoms with E-state index in [1.807, 2.05) is 0 Å². The second-order valence-electron chi connectivity index (χ2n) is 3.95. The van der Waals surface area contributed by atoms with Gasteiger partial charge in [-0.05, 0) is 0 Å². The first kappa shape index (κ1) is 22.6. The van der Waals surface area contributed by atoms with Crippen LogP contribution >= 0.6 is 24.8 Å². The van der Waals surface area contributed by atoms with Crippen LogP contribution in [0.2, 0.25) is 0 Å². The highest BCUT2D eigenvalue weighted by atomic mass is 35.5. The van der Waals surface area contributed by atoms with Crippen molar-refractivity contribution in [2.75, 3.05) is 79.0 Å². The Kier molecular flexibility index (Phi) is 21.9. The van der Waals surface area contributed by atoms with Crippen molar-refractivity contribution in [1.82, 2.24) is 10.6 Å². The van der Waals surface area contributed by atoms with Gasteiger partial charge in [-0.2, -0.15) is 0 Å². The van der Waals surface area contributed by atoms with Crippen molar-refractivity contribution in [2.24, 2.45) is 0 Å². The summed E-state index contributed by atoms with van der Waals surface area (Å²) in [5.74, 6) is 0. The molecule has 20 heavy (non-hydrogen) atoms. The molecule has 0 spiro atoms. The fourth-order valence-electron chi connectivity index (χ4n) is 1.47. The summed E-state index contributed by atoms with van der Waals surface area (Å²) in [7, 11) is 0. The molecule has 0 aliphatic carbocycles. The van der Waals surface area contributed by atoms with Crippen LogP contribution in [0.1, 0.15) is 0 Å². The van der Waals surface area contributed by atoms with Crippen LogP contribution in [0.4, 0.5) is 0 Å². The van der Waals surface area contributed by atoms with Gasteiger partial charge >= 0.3 is 0 Å². The molecule has 0 aromatic rings. The Labute approximate surface area is 134 Å². The van der Waals surface area contributed by atoms with Gasteiger partial charge in [-0.25, -0.2) is 0 Å². The summed E-state index contributed by atoms with van der Waals surface area (Å²) in [6.45, 7) is 8.86. The fourth-order valence-corrected chi connectivity index (χ4v) is 1.47. The maximum absolute atomic E-state index is 5.41. The Morgan fingerprint density at radius 3 is 0.900 bits per heavy atom. The van der Waals surface area contributed by atoms with Crippen molar-refractivity contribution in [3.8, 4) is 0 Å². The fraction of sp³-hybridized carbons (Fsp3) is 1.00. The number of hydrogen-bond acceptors (Lipinski definition) is 6. The first-order chi connectivity index (χ1) is 9.00. The predicted octanol–water partition coefficient (Wildman–Crippen LogP) is 0.0892. The Morgan fingerprint density at radius 2 is 0.650 bits per heavy atom. The Bertz CT molecular complexity index is 106. The lowest BCUT2D eigenvalue weighted by molar-refractivity contribution is 0.0383. The van der Waals surface area contributed by atoms with Crippen LogP contribution in [0.15, 0.2) is 0 Å². The molecule has 0 unspecified atom stereocenters. The molecular formula is C12H28Cl2N2O4. The molecule has 0 atom stereocenters. The zero-order valence-corrected chi connectivity index (χ0v) is 13.6. The summed E-state index contributed by atoms with van der Waals surface area (Å²) in [4.78, 5) is 0. The zero-order valence-electron chi connectivity index (χ0n) is 11.9. The quantitative estimate of drug-likeness (QED) is 0.654. The lowest BCUT2D eigenvalue weighted by atomic mass is 10.6. The summed E-state index contributed by atoms with van der Waals surface area (Å²) in [6, 6.07) is 0. The zero-order chi connectivity index (χ0) is 12.7. The highest BCUT2D eigenvalue weighted by Crippen LogP contribution is 1.81. The van der Waals surface area contributed by atoms with Gasteiger partial charge in [0.05, 0.1) is 52.9 Å². The molecule has 1 rings (SSSR count). The molecule has 124 valence electrons. The molecule has 1 aliphatic rings. The van der Waals surface area contributed by atoms with Crippen LogP contribution in [0, 0.1) is 0 Å². The van der Waals surface area contributed by atoms with Crippen LogP contribution in [0.25, 0.3) is 0 Å². The van der Waals surface area contributed by atoms with Gasteiger partial charge in [0, 0.05) is 26.2 Å². The molecule has 1 saturated heterocycles.